The molecule has 1 heterocycles. The van der Waals surface area contributed by atoms with Gasteiger partial charge in [-0.05, 0) is 12.1 Å². The molecule has 0 radical (unpaired) electrons. The van der Waals surface area contributed by atoms with Crippen LogP contribution in [0.15, 0.2) is 21.9 Å². The van der Waals surface area contributed by atoms with Gasteiger partial charge in [0.1, 0.15) is 0 Å². The lowest BCUT2D eigenvalue weighted by Crippen LogP contribution is -1.72. The molecular weight excluding hydrogens is 221 g/mol. The van der Waals surface area contributed by atoms with Crippen molar-refractivity contribution < 1.29 is 0 Å². The molecule has 5 heteroatoms. The summed E-state index contributed by atoms with van der Waals surface area (Å²) in [5.74, 6) is 0. The molecule has 58 valence electrons. The topological polar surface area (TPSA) is 14.1 Å². The van der Waals surface area contributed by atoms with E-state index in [1.54, 1.807) is 0 Å². The zero-order chi connectivity index (χ0) is 7.84. The van der Waals surface area contributed by atoms with Crippen LogP contribution in [0.4, 0.5) is 0 Å². The van der Waals surface area contributed by atoms with E-state index in [0.29, 0.717) is 10.0 Å². The number of halogens is 2. The van der Waals surface area contributed by atoms with Gasteiger partial charge in [-0.3, -0.25) is 0 Å². The third-order valence-corrected chi connectivity index (χ3v) is 3.77. The summed E-state index contributed by atoms with van der Waals surface area (Å²) < 4.78 is 4.05. The first-order chi connectivity index (χ1) is 5.27. The Morgan fingerprint density at radius 2 is 1.45 bits per heavy atom. The van der Waals surface area contributed by atoms with Crippen LogP contribution in [0.3, 0.4) is 0 Å². The van der Waals surface area contributed by atoms with Gasteiger partial charge in [-0.2, -0.15) is 0 Å². The van der Waals surface area contributed by atoms with Gasteiger partial charge >= 0.3 is 0 Å². The first-order valence-corrected chi connectivity index (χ1v) is 5.11. The van der Waals surface area contributed by atoms with Gasteiger partial charge in [-0.15, -0.1) is 0 Å². The molecule has 2 rings (SSSR count). The first kappa shape index (κ1) is 8.08. The Labute approximate surface area is 83.1 Å². The molecule has 0 amide bonds. The molecule has 11 heavy (non-hydrogen) atoms. The predicted molar refractivity (Wildman–Crippen MR) is 51.5 cm³/mol. The maximum absolute atomic E-state index is 5.80. The Hall–Kier alpha value is 0.460. The normalized spacial score (nSPS) is 15.1. The second-order valence-electron chi connectivity index (χ2n) is 1.97. The second kappa shape index (κ2) is 3.07. The van der Waals surface area contributed by atoms with Crippen molar-refractivity contribution in [1.82, 2.24) is 0 Å². The largest absolute Gasteiger partial charge is 0.542 e. The van der Waals surface area contributed by atoms with Crippen LogP contribution >= 0.6 is 47.1 Å². The summed E-state index contributed by atoms with van der Waals surface area (Å²) in [6.07, 6.45) is 0. The van der Waals surface area contributed by atoms with Gasteiger partial charge in [0.05, 0.1) is 10.0 Å². The van der Waals surface area contributed by atoms with E-state index in [9.17, 15) is 0 Å². The minimum absolute atomic E-state index is 0.593. The molecular formula is C6H2Cl2NS2-. The van der Waals surface area contributed by atoms with E-state index in [0.717, 1.165) is 9.79 Å². The van der Waals surface area contributed by atoms with Crippen LogP contribution in [0.25, 0.3) is 4.13 Å². The Morgan fingerprint density at radius 1 is 1.00 bits per heavy atom. The third-order valence-electron chi connectivity index (χ3n) is 1.26. The van der Waals surface area contributed by atoms with Crippen LogP contribution < -0.4 is 0 Å². The maximum Gasteiger partial charge on any atom is 0.0603 e. The SMILES string of the molecule is Clc1cc2c(cc1Cl)S[N-]S2. The maximum atomic E-state index is 5.80. The van der Waals surface area contributed by atoms with E-state index >= 15 is 0 Å². The van der Waals surface area contributed by atoms with Crippen LogP contribution in [-0.2, 0) is 0 Å². The molecule has 0 fully saturated rings. The first-order valence-electron chi connectivity index (χ1n) is 2.81. The molecule has 1 aliphatic heterocycles. The van der Waals surface area contributed by atoms with Crippen molar-refractivity contribution in [2.45, 2.75) is 9.79 Å². The van der Waals surface area contributed by atoms with E-state index in [1.807, 2.05) is 12.1 Å². The molecule has 0 saturated heterocycles. The van der Waals surface area contributed by atoms with E-state index in [-0.39, 0.29) is 0 Å². The van der Waals surface area contributed by atoms with Crippen LogP contribution in [0.5, 0.6) is 0 Å². The predicted octanol–water partition coefficient (Wildman–Crippen LogP) is 4.39. The molecule has 1 aromatic rings. The fraction of sp³-hybridized carbons (Fsp3) is 0. The van der Waals surface area contributed by atoms with Crippen molar-refractivity contribution in [3.8, 4) is 0 Å². The minimum Gasteiger partial charge on any atom is -0.542 e. The van der Waals surface area contributed by atoms with E-state index < -0.39 is 0 Å². The number of nitrogens with zero attached hydrogens (tertiary/aromatic N) is 1. The van der Waals surface area contributed by atoms with Crippen LogP contribution in [0.1, 0.15) is 0 Å². The molecule has 1 aliphatic rings. The van der Waals surface area contributed by atoms with Crippen LogP contribution in [-0.4, -0.2) is 0 Å². The second-order valence-corrected chi connectivity index (χ2v) is 4.63. The minimum atomic E-state index is 0.593. The summed E-state index contributed by atoms with van der Waals surface area (Å²) in [7, 11) is 0. The monoisotopic (exact) mass is 222 g/mol. The molecule has 0 spiro atoms. The molecule has 0 aromatic heterocycles. The van der Waals surface area contributed by atoms with E-state index in [2.05, 4.69) is 4.13 Å². The quantitative estimate of drug-likeness (QED) is 0.605. The number of fused-ring (bicyclic) bond motifs is 1. The van der Waals surface area contributed by atoms with Gasteiger partial charge in [-0.1, -0.05) is 23.2 Å². The highest BCUT2D eigenvalue weighted by atomic mass is 35.5. The van der Waals surface area contributed by atoms with Gasteiger partial charge in [-0.25, -0.2) is 23.9 Å². The van der Waals surface area contributed by atoms with E-state index in [1.165, 1.54) is 23.9 Å². The smallest absolute Gasteiger partial charge is 0.0603 e. The summed E-state index contributed by atoms with van der Waals surface area (Å²) >= 11 is 14.5. The number of rotatable bonds is 0. The van der Waals surface area contributed by atoms with Crippen molar-refractivity contribution in [3.05, 3.63) is 26.3 Å². The zero-order valence-corrected chi connectivity index (χ0v) is 8.32. The van der Waals surface area contributed by atoms with Crippen molar-refractivity contribution in [2.24, 2.45) is 0 Å². The van der Waals surface area contributed by atoms with Crippen molar-refractivity contribution in [1.29, 1.82) is 0 Å². The molecule has 0 N–H and O–H groups in total. The number of hydrogen-bond acceptors (Lipinski definition) is 2. The Kier molecular flexibility index (Phi) is 2.25. The fourth-order valence-corrected chi connectivity index (χ4v) is 2.86. The average molecular weight is 223 g/mol. The summed E-state index contributed by atoms with van der Waals surface area (Å²) in [4.78, 5) is 2.17. The average Bonchev–Trinajstić information content (AvgIpc) is 2.36. The van der Waals surface area contributed by atoms with Gasteiger partial charge in [0.2, 0.25) is 0 Å². The highest BCUT2D eigenvalue weighted by Crippen LogP contribution is 2.50. The number of hydrogen-bond donors (Lipinski definition) is 0. The highest BCUT2D eigenvalue weighted by molar-refractivity contribution is 8.22. The lowest BCUT2D eigenvalue weighted by Gasteiger charge is -2.01. The van der Waals surface area contributed by atoms with Crippen molar-refractivity contribution >= 4 is 47.1 Å². The highest BCUT2D eigenvalue weighted by Gasteiger charge is 2.06. The van der Waals surface area contributed by atoms with E-state index in [4.69, 9.17) is 23.2 Å². The van der Waals surface area contributed by atoms with Gasteiger partial charge in [0, 0.05) is 9.79 Å². The third kappa shape index (κ3) is 1.48. The summed E-state index contributed by atoms with van der Waals surface area (Å²) in [6, 6.07) is 3.68. The molecule has 1 nitrogen and oxygen atoms in total. The molecule has 0 bridgehead atoms. The molecule has 1 aromatic carbocycles. The van der Waals surface area contributed by atoms with Gasteiger partial charge < -0.3 is 4.13 Å². The Morgan fingerprint density at radius 3 is 1.91 bits per heavy atom. The molecule has 0 aliphatic carbocycles. The molecule has 0 atom stereocenters. The van der Waals surface area contributed by atoms with Crippen LogP contribution in [0, 0.1) is 0 Å². The summed E-state index contributed by atoms with van der Waals surface area (Å²) in [6.45, 7) is 0. The molecule has 0 unspecified atom stereocenters. The summed E-state index contributed by atoms with van der Waals surface area (Å²) in [5.41, 5.74) is 0. The number of benzene rings is 1. The standard InChI is InChI=1S/C6H2Cl2NS2/c7-3-1-5-6(2-4(3)8)11-9-10-5/h1-2H/q-1. The lowest BCUT2D eigenvalue weighted by molar-refractivity contribution is 1.27. The fourth-order valence-electron chi connectivity index (χ4n) is 0.752. The van der Waals surface area contributed by atoms with Crippen molar-refractivity contribution in [3.63, 3.8) is 0 Å². The lowest BCUT2D eigenvalue weighted by atomic mass is 10.4. The van der Waals surface area contributed by atoms with Gasteiger partial charge in [0.25, 0.3) is 0 Å². The van der Waals surface area contributed by atoms with Crippen molar-refractivity contribution in [2.75, 3.05) is 0 Å². The zero-order valence-electron chi connectivity index (χ0n) is 5.17. The van der Waals surface area contributed by atoms with Gasteiger partial charge in [0.15, 0.2) is 0 Å². The Bertz CT molecular complexity index is 274. The summed E-state index contributed by atoms with van der Waals surface area (Å²) in [5, 5.41) is 1.19. The molecule has 0 saturated carbocycles. The Balaban J connectivity index is 2.57. The van der Waals surface area contributed by atoms with Crippen LogP contribution in [0.2, 0.25) is 10.0 Å².